The molecule has 0 aromatic heterocycles. The van der Waals surface area contributed by atoms with Crippen LogP contribution in [-0.4, -0.2) is 31.3 Å². The molecule has 1 unspecified atom stereocenters. The molecule has 1 atom stereocenters. The highest BCUT2D eigenvalue weighted by Gasteiger charge is 2.27. The maximum Gasteiger partial charge on any atom is 0.407 e. The fourth-order valence-electron chi connectivity index (χ4n) is 0.520. The van der Waals surface area contributed by atoms with Gasteiger partial charge in [0.2, 0.25) is 0 Å². The van der Waals surface area contributed by atoms with E-state index in [0.717, 1.165) is 0 Å². The summed E-state index contributed by atoms with van der Waals surface area (Å²) in [4.78, 5) is 24.6. The van der Waals surface area contributed by atoms with Gasteiger partial charge < -0.3 is 20.5 Å². The van der Waals surface area contributed by atoms with Crippen molar-refractivity contribution in [3.63, 3.8) is 0 Å². The van der Waals surface area contributed by atoms with Crippen LogP contribution in [0, 0.1) is 5.41 Å². The maximum atomic E-state index is 12.7. The minimum atomic E-state index is -5.23. The van der Waals surface area contributed by atoms with Gasteiger partial charge in [0.15, 0.2) is 4.24 Å². The minimum Gasteiger partial charge on any atom is -0.449 e. The van der Waals surface area contributed by atoms with Crippen LogP contribution >= 0.6 is 0 Å². The molecule has 0 aliphatic carbocycles. The monoisotopic (exact) mass is 284 g/mol. The third-order valence-corrected chi connectivity index (χ3v) is 1.04. The summed E-state index contributed by atoms with van der Waals surface area (Å²) in [7, 11) is 0. The molecule has 106 valence electrons. The van der Waals surface area contributed by atoms with E-state index < -0.39 is 87.9 Å². The Morgan fingerprint density at radius 3 is 3.00 bits per heavy atom. The van der Waals surface area contributed by atoms with Gasteiger partial charge >= 0.3 is 12.2 Å². The second kappa shape index (κ2) is 7.79. The first-order chi connectivity index (χ1) is 17.9. The van der Waals surface area contributed by atoms with Crippen molar-refractivity contribution in [1.82, 2.24) is 5.31 Å². The number of ether oxygens (including phenoxy) is 2. The van der Waals surface area contributed by atoms with E-state index in [1.807, 2.05) is 0 Å². The number of hydrogen-bond acceptors (Lipinski definition) is 4. The van der Waals surface area contributed by atoms with Crippen LogP contribution in [0.3, 0.4) is 0 Å². The number of carbonyl (C=O) groups is 2. The van der Waals surface area contributed by atoms with Crippen LogP contribution in [0.2, 0.25) is 4.24 Å². The van der Waals surface area contributed by atoms with Crippen LogP contribution in [0.1, 0.15) is 68.9 Å². The molecular formula is C12H24N2O4. The Labute approximate surface area is 142 Å². The molecule has 6 nitrogen and oxygen atoms in total. The van der Waals surface area contributed by atoms with Crippen molar-refractivity contribution < 1.29 is 52.1 Å². The smallest absolute Gasteiger partial charge is 0.407 e. The van der Waals surface area contributed by atoms with E-state index in [0.29, 0.717) is 0 Å². The summed E-state index contributed by atoms with van der Waals surface area (Å²) in [6.07, 6.45) is -15.2. The van der Waals surface area contributed by atoms with E-state index in [1.165, 1.54) is 0 Å². The lowest BCUT2D eigenvalue weighted by Gasteiger charge is -2.27. The average molecular weight is 284 g/mol. The molecule has 0 aromatic rings. The predicted octanol–water partition coefficient (Wildman–Crippen LogP) is 2.02. The minimum absolute atomic E-state index is 1.09. The highest BCUT2D eigenvalue weighted by Crippen LogP contribution is 2.24. The maximum absolute atomic E-state index is 12.7. The fourth-order valence-corrected chi connectivity index (χ4v) is 0.520. The van der Waals surface area contributed by atoms with E-state index in [1.54, 1.807) is 0 Å². The van der Waals surface area contributed by atoms with E-state index in [-0.39, 0.29) is 0 Å². The number of nitrogens with two attached hydrogens (primary N) is 1. The summed E-state index contributed by atoms with van der Waals surface area (Å²) in [5, 5.41) is -1.35. The van der Waals surface area contributed by atoms with Crippen molar-refractivity contribution >= 4 is 12.2 Å². The molecule has 0 rings (SSSR count). The molecule has 0 saturated heterocycles. The Hall–Kier alpha value is -1.46. The van der Waals surface area contributed by atoms with Crippen molar-refractivity contribution in [2.24, 2.45) is 11.1 Å². The first-order valence-corrected chi connectivity index (χ1v) is 3.90. The lowest BCUT2D eigenvalue weighted by atomic mass is 9.87. The SMILES string of the molecule is [2H]N([2H])C(=O)OC([2H])([2H])C(C([2H])([2H])[2H])(C([2H])([2H])OC(=O)N([2H])C([2H])(C([2H])([2H])[2H])C([2H])([2H])[2H])C([2H])([2H])C([2H])([2H])C([2H])([2H])[2H]. The van der Waals surface area contributed by atoms with E-state index >= 15 is 0 Å². The third kappa shape index (κ3) is 7.76. The van der Waals surface area contributed by atoms with Gasteiger partial charge in [-0.25, -0.2) is 9.59 Å². The van der Waals surface area contributed by atoms with Crippen LogP contribution in [0.25, 0.3) is 0 Å². The molecular weight excluding hydrogens is 236 g/mol. The molecule has 0 radical (unpaired) electrons. The highest BCUT2D eigenvalue weighted by molar-refractivity contribution is 5.67. The predicted molar refractivity (Wildman–Crippen MR) is 68.2 cm³/mol. The second-order valence-corrected chi connectivity index (χ2v) is 2.40. The quantitative estimate of drug-likeness (QED) is 0.748. The molecule has 0 bridgehead atoms. The van der Waals surface area contributed by atoms with E-state index in [4.69, 9.17) is 33.0 Å². The van der Waals surface area contributed by atoms with Gasteiger partial charge in [0.05, 0.1) is 6.85 Å². The molecule has 0 saturated carbocycles. The van der Waals surface area contributed by atoms with Crippen molar-refractivity contribution in [3.05, 3.63) is 0 Å². The van der Waals surface area contributed by atoms with Crippen molar-refractivity contribution in [2.75, 3.05) is 13.1 Å². The number of hydrogen-bond donors (Lipinski definition) is 2. The van der Waals surface area contributed by atoms with Crippen molar-refractivity contribution in [3.8, 4) is 0 Å². The summed E-state index contributed by atoms with van der Waals surface area (Å²) in [6, 6.07) is -4.33. The van der Waals surface area contributed by atoms with Crippen LogP contribution in [0.4, 0.5) is 9.59 Å². The standard InChI is InChI=1S/C12H24N2O4/c1-5-6-12(4,7-17-10(13)15)8-18-11(16)14-9(2)3/h9H,5-8H2,1-4H3,(H2,13,15)(H,14,16)/i1D3,2D3,3D3,4D3,5D2,6D2,7D2,8D2,9D/hD3. The fraction of sp³-hybridized carbons (Fsp3) is 0.833. The van der Waals surface area contributed by atoms with Crippen molar-refractivity contribution in [1.29, 1.82) is 0 Å². The first-order valence-electron chi connectivity index (χ1n) is 15.7. The Morgan fingerprint density at radius 1 is 1.61 bits per heavy atom. The van der Waals surface area contributed by atoms with Gasteiger partial charge in [-0.3, -0.25) is 0 Å². The van der Waals surface area contributed by atoms with Crippen LogP contribution in [0.5, 0.6) is 0 Å². The molecule has 0 aliphatic rings. The number of amides is 2. The van der Waals surface area contributed by atoms with Gasteiger partial charge in [-0.05, 0) is 20.1 Å². The Morgan fingerprint density at radius 2 is 2.39 bits per heavy atom. The van der Waals surface area contributed by atoms with E-state index in [2.05, 4.69) is 9.47 Å². The van der Waals surface area contributed by atoms with Gasteiger partial charge in [0.1, 0.15) is 13.1 Å². The number of alkyl carbamates (subject to hydrolysis) is 1. The topological polar surface area (TPSA) is 90.7 Å². The molecule has 18 heavy (non-hydrogen) atoms. The van der Waals surface area contributed by atoms with Crippen LogP contribution in [-0.2, 0) is 9.47 Å². The molecule has 0 fully saturated rings. The lowest BCUT2D eigenvalue weighted by molar-refractivity contribution is 0.0333. The van der Waals surface area contributed by atoms with Gasteiger partial charge in [-0.15, -0.1) is 0 Å². The molecule has 2 amide bonds. The van der Waals surface area contributed by atoms with E-state index in [9.17, 15) is 9.59 Å². The summed E-state index contributed by atoms with van der Waals surface area (Å²) in [5.41, 5.74) is -6.32. The molecule has 6 heteroatoms. The third-order valence-electron chi connectivity index (χ3n) is 1.04. The van der Waals surface area contributed by atoms with Crippen LogP contribution < -0.4 is 11.0 Å². The number of rotatable bonds is 7. The summed E-state index contributed by atoms with van der Waals surface area (Å²) in [6.45, 7) is -27.4. The number of primary amides is 1. The Kier molecular flexibility index (Phi) is 1.11. The Balaban J connectivity index is 7.94. The number of carbonyl (C=O) groups excluding carboxylic acids is 2. The second-order valence-electron chi connectivity index (χ2n) is 2.40. The van der Waals surface area contributed by atoms with Gasteiger partial charge in [-0.1, -0.05) is 20.1 Å². The van der Waals surface area contributed by atoms with Crippen molar-refractivity contribution in [2.45, 2.75) is 46.2 Å². The first kappa shape index (κ1) is 2.55. The summed E-state index contributed by atoms with van der Waals surface area (Å²) >= 11 is 0. The van der Waals surface area contributed by atoms with Crippen LogP contribution in [0.15, 0.2) is 0 Å². The largest absolute Gasteiger partial charge is 0.449 e. The molecule has 0 heterocycles. The zero-order chi connectivity index (χ0) is 34.7. The Bertz CT molecular complexity index is 995. The zero-order valence-corrected chi connectivity index (χ0v) is 8.53. The normalized spacial score (nSPS) is 39.8. The van der Waals surface area contributed by atoms with Gasteiger partial charge in [0, 0.05) is 33.4 Å². The van der Waals surface area contributed by atoms with Gasteiger partial charge in [-0.2, -0.15) is 0 Å². The summed E-state index contributed by atoms with van der Waals surface area (Å²) < 4.78 is 191. The molecule has 0 aliphatic heterocycles. The molecule has 3 N–H and O–H groups in total. The summed E-state index contributed by atoms with van der Waals surface area (Å²) in [5.74, 6) is 0. The average Bonchev–Trinajstić information content (AvgIpc) is 2.67. The zero-order valence-electron chi connectivity index (χ0n) is 32.5. The number of nitrogens with one attached hydrogen (secondary N) is 1. The highest BCUT2D eigenvalue weighted by atomic mass is 16.6. The lowest BCUT2D eigenvalue weighted by Crippen LogP contribution is -2.37. The molecule has 0 spiro atoms. The van der Waals surface area contributed by atoms with Gasteiger partial charge in [0.25, 0.3) is 0 Å². The molecule has 0 aromatic carbocycles.